The van der Waals surface area contributed by atoms with Crippen LogP contribution in [0.25, 0.3) is 0 Å². The van der Waals surface area contributed by atoms with Gasteiger partial charge in [-0.1, -0.05) is 42.5 Å². The average Bonchev–Trinajstić information content (AvgIpc) is 2.45. The first-order valence-corrected chi connectivity index (χ1v) is 6.30. The summed E-state index contributed by atoms with van der Waals surface area (Å²) in [4.78, 5) is 11.3. The first-order valence-electron chi connectivity index (χ1n) is 6.30. The number of hydrogen-bond donors (Lipinski definition) is 0. The molecule has 0 aliphatic heterocycles. The van der Waals surface area contributed by atoms with E-state index < -0.39 is 23.6 Å². The zero-order valence-electron chi connectivity index (χ0n) is 10.9. The number of carboxylic acids is 1. The van der Waals surface area contributed by atoms with Gasteiger partial charge in [0.1, 0.15) is 0 Å². The zero-order chi connectivity index (χ0) is 15.5. The van der Waals surface area contributed by atoms with Gasteiger partial charge in [0.15, 0.2) is 0 Å². The van der Waals surface area contributed by atoms with Gasteiger partial charge in [-0.2, -0.15) is 13.2 Å². The molecule has 0 N–H and O–H groups in total. The Kier molecular flexibility index (Phi) is 4.31. The molecule has 0 aliphatic rings. The molecule has 1 atom stereocenters. The molecule has 2 aromatic carbocycles. The average molecular weight is 293 g/mol. The molecular weight excluding hydrogens is 281 g/mol. The number of alkyl halides is 3. The van der Waals surface area contributed by atoms with Crippen molar-refractivity contribution in [3.05, 3.63) is 71.3 Å². The van der Waals surface area contributed by atoms with Gasteiger partial charge >= 0.3 is 6.18 Å². The lowest BCUT2D eigenvalue weighted by Gasteiger charge is -2.19. The van der Waals surface area contributed by atoms with Crippen LogP contribution in [0.2, 0.25) is 0 Å². The van der Waals surface area contributed by atoms with Gasteiger partial charge in [-0.25, -0.2) is 0 Å². The highest BCUT2D eigenvalue weighted by Gasteiger charge is 2.30. The van der Waals surface area contributed by atoms with E-state index in [1.807, 2.05) is 0 Å². The lowest BCUT2D eigenvalue weighted by atomic mass is 9.91. The predicted octanol–water partition coefficient (Wildman–Crippen LogP) is 2.78. The smallest absolute Gasteiger partial charge is 0.416 e. The third-order valence-electron chi connectivity index (χ3n) is 3.21. The second kappa shape index (κ2) is 5.99. The number of carboxylic acid groups (broad SMARTS) is 1. The van der Waals surface area contributed by atoms with E-state index in [2.05, 4.69) is 0 Å². The highest BCUT2D eigenvalue weighted by atomic mass is 19.4. The minimum absolute atomic E-state index is 0.175. The molecule has 0 heterocycles. The van der Waals surface area contributed by atoms with Crippen LogP contribution >= 0.6 is 0 Å². The Morgan fingerprint density at radius 1 is 1.00 bits per heavy atom. The Hall–Kier alpha value is -2.30. The summed E-state index contributed by atoms with van der Waals surface area (Å²) in [6.45, 7) is 0. The highest BCUT2D eigenvalue weighted by molar-refractivity contribution is 5.74. The second-order valence-electron chi connectivity index (χ2n) is 4.68. The summed E-state index contributed by atoms with van der Waals surface area (Å²) >= 11 is 0. The lowest BCUT2D eigenvalue weighted by Crippen LogP contribution is -2.31. The summed E-state index contributed by atoms with van der Waals surface area (Å²) in [5.41, 5.74) is 0.279. The molecule has 2 nitrogen and oxygen atoms in total. The molecule has 0 fully saturated rings. The van der Waals surface area contributed by atoms with Crippen LogP contribution in [-0.2, 0) is 17.4 Å². The summed E-state index contributed by atoms with van der Waals surface area (Å²) in [7, 11) is 0. The fourth-order valence-electron chi connectivity index (χ4n) is 2.09. The molecule has 5 heteroatoms. The van der Waals surface area contributed by atoms with Gasteiger partial charge in [0.05, 0.1) is 5.56 Å². The SMILES string of the molecule is O=C([O-])C(Cc1ccccc1)c1ccc(C(F)(F)F)cc1. The second-order valence-corrected chi connectivity index (χ2v) is 4.68. The van der Waals surface area contributed by atoms with Gasteiger partial charge < -0.3 is 9.90 Å². The number of benzene rings is 2. The Balaban J connectivity index is 2.25. The van der Waals surface area contributed by atoms with Crippen molar-refractivity contribution in [2.75, 3.05) is 0 Å². The predicted molar refractivity (Wildman–Crippen MR) is 69.3 cm³/mol. The van der Waals surface area contributed by atoms with Crippen LogP contribution in [-0.4, -0.2) is 5.97 Å². The molecule has 21 heavy (non-hydrogen) atoms. The van der Waals surface area contributed by atoms with Crippen molar-refractivity contribution >= 4 is 5.97 Å². The fourth-order valence-corrected chi connectivity index (χ4v) is 2.09. The van der Waals surface area contributed by atoms with Crippen molar-refractivity contribution < 1.29 is 23.1 Å². The van der Waals surface area contributed by atoms with Crippen molar-refractivity contribution in [3.63, 3.8) is 0 Å². The topological polar surface area (TPSA) is 40.1 Å². The molecule has 0 amide bonds. The molecule has 0 saturated carbocycles. The van der Waals surface area contributed by atoms with Gasteiger partial charge in [-0.05, 0) is 29.7 Å². The van der Waals surface area contributed by atoms with Crippen molar-refractivity contribution in [2.24, 2.45) is 0 Å². The van der Waals surface area contributed by atoms with Crippen molar-refractivity contribution in [1.82, 2.24) is 0 Å². The van der Waals surface area contributed by atoms with Crippen LogP contribution in [0.1, 0.15) is 22.6 Å². The van der Waals surface area contributed by atoms with Crippen LogP contribution in [0.5, 0.6) is 0 Å². The van der Waals surface area contributed by atoms with Crippen molar-refractivity contribution in [2.45, 2.75) is 18.5 Å². The number of halogens is 3. The molecule has 0 saturated heterocycles. The first-order chi connectivity index (χ1) is 9.88. The zero-order valence-corrected chi connectivity index (χ0v) is 10.9. The molecule has 0 aliphatic carbocycles. The molecule has 2 rings (SSSR count). The van der Waals surface area contributed by atoms with Gasteiger partial charge in [0, 0.05) is 11.9 Å². The fraction of sp³-hybridized carbons (Fsp3) is 0.188. The summed E-state index contributed by atoms with van der Waals surface area (Å²) in [6, 6.07) is 13.0. The van der Waals surface area contributed by atoms with Crippen molar-refractivity contribution in [3.8, 4) is 0 Å². The number of carbonyl (C=O) groups is 1. The Bertz CT molecular complexity index is 604. The third kappa shape index (κ3) is 3.84. The maximum atomic E-state index is 12.5. The van der Waals surface area contributed by atoms with E-state index in [-0.39, 0.29) is 6.42 Å². The van der Waals surface area contributed by atoms with Crippen LogP contribution in [0.15, 0.2) is 54.6 Å². The van der Waals surface area contributed by atoms with E-state index in [9.17, 15) is 23.1 Å². The van der Waals surface area contributed by atoms with Gasteiger partial charge in [0.2, 0.25) is 0 Å². The Morgan fingerprint density at radius 3 is 2.05 bits per heavy atom. The monoisotopic (exact) mass is 293 g/mol. The largest absolute Gasteiger partial charge is 0.549 e. The van der Waals surface area contributed by atoms with Crippen LogP contribution < -0.4 is 5.11 Å². The van der Waals surface area contributed by atoms with E-state index in [0.29, 0.717) is 5.56 Å². The highest BCUT2D eigenvalue weighted by Crippen LogP contribution is 2.30. The van der Waals surface area contributed by atoms with Crippen LogP contribution in [0, 0.1) is 0 Å². The number of carbonyl (C=O) groups excluding carboxylic acids is 1. The number of aliphatic carboxylic acids is 1. The standard InChI is InChI=1S/C16H13F3O2/c17-16(18,19)13-8-6-12(7-9-13)14(15(20)21)10-11-4-2-1-3-5-11/h1-9,14H,10H2,(H,20,21)/p-1. The molecule has 2 aromatic rings. The maximum Gasteiger partial charge on any atom is 0.416 e. The summed E-state index contributed by atoms with van der Waals surface area (Å²) < 4.78 is 37.5. The Labute approximate surface area is 119 Å². The van der Waals surface area contributed by atoms with E-state index >= 15 is 0 Å². The normalized spacial score (nSPS) is 12.9. The molecule has 0 aromatic heterocycles. The summed E-state index contributed by atoms with van der Waals surface area (Å²) in [6.07, 6.45) is -4.26. The first kappa shape index (κ1) is 15.1. The van der Waals surface area contributed by atoms with Crippen LogP contribution in [0.4, 0.5) is 13.2 Å². The van der Waals surface area contributed by atoms with Crippen LogP contribution in [0.3, 0.4) is 0 Å². The van der Waals surface area contributed by atoms with E-state index in [0.717, 1.165) is 17.7 Å². The molecule has 0 radical (unpaired) electrons. The van der Waals surface area contributed by atoms with Crippen molar-refractivity contribution in [1.29, 1.82) is 0 Å². The minimum Gasteiger partial charge on any atom is -0.549 e. The Morgan fingerprint density at radius 2 is 1.57 bits per heavy atom. The lowest BCUT2D eigenvalue weighted by molar-refractivity contribution is -0.308. The van der Waals surface area contributed by atoms with Gasteiger partial charge in [-0.3, -0.25) is 0 Å². The van der Waals surface area contributed by atoms with Gasteiger partial charge in [0.25, 0.3) is 0 Å². The van der Waals surface area contributed by atoms with Gasteiger partial charge in [-0.15, -0.1) is 0 Å². The molecule has 1 unspecified atom stereocenters. The molecule has 0 bridgehead atoms. The molecular formula is C16H12F3O2-. The van der Waals surface area contributed by atoms with E-state index in [4.69, 9.17) is 0 Å². The number of rotatable bonds is 4. The summed E-state index contributed by atoms with van der Waals surface area (Å²) in [5.74, 6) is -2.28. The summed E-state index contributed by atoms with van der Waals surface area (Å²) in [5, 5.41) is 11.3. The van der Waals surface area contributed by atoms with E-state index in [1.54, 1.807) is 30.3 Å². The minimum atomic E-state index is -4.44. The quantitative estimate of drug-likeness (QED) is 0.869. The third-order valence-corrected chi connectivity index (χ3v) is 3.21. The molecule has 0 spiro atoms. The molecule has 110 valence electrons. The number of hydrogen-bond acceptors (Lipinski definition) is 2. The maximum absolute atomic E-state index is 12.5. The van der Waals surface area contributed by atoms with E-state index in [1.165, 1.54) is 12.1 Å².